The molecule has 6 nitrogen and oxygen atoms in total. The quantitative estimate of drug-likeness (QED) is 0.756. The number of anilines is 1. The summed E-state index contributed by atoms with van der Waals surface area (Å²) in [5.74, 6) is -0.952. The lowest BCUT2D eigenvalue weighted by atomic mass is 10.1. The fourth-order valence-electron chi connectivity index (χ4n) is 3.37. The highest BCUT2D eigenvalue weighted by atomic mass is 79.9. The minimum Gasteiger partial charge on any atom is -0.376 e. The average molecular weight is 429 g/mol. The van der Waals surface area contributed by atoms with Crippen LogP contribution in [-0.2, 0) is 4.74 Å². The van der Waals surface area contributed by atoms with E-state index < -0.39 is 0 Å². The number of nitrogens with zero attached hydrogens (tertiary/aromatic N) is 1. The van der Waals surface area contributed by atoms with E-state index in [0.29, 0.717) is 33.5 Å². The van der Waals surface area contributed by atoms with Crippen molar-refractivity contribution >= 4 is 39.3 Å². The molecule has 2 aromatic rings. The van der Waals surface area contributed by atoms with Crippen LogP contribution >= 0.6 is 15.9 Å². The van der Waals surface area contributed by atoms with Crippen molar-refractivity contribution in [1.82, 2.24) is 4.90 Å². The van der Waals surface area contributed by atoms with E-state index in [1.807, 2.05) is 6.07 Å². The minimum absolute atomic E-state index is 0.0955. The first-order chi connectivity index (χ1) is 13.0. The van der Waals surface area contributed by atoms with Gasteiger partial charge in [-0.05, 0) is 59.1 Å². The third-order valence-electron chi connectivity index (χ3n) is 4.76. The predicted octanol–water partition coefficient (Wildman–Crippen LogP) is 3.48. The molecule has 0 aromatic heterocycles. The fourth-order valence-corrected chi connectivity index (χ4v) is 3.83. The normalized spacial score (nSPS) is 18.7. The molecule has 2 aliphatic rings. The molecule has 1 saturated heterocycles. The second-order valence-electron chi connectivity index (χ2n) is 6.55. The Hall–Kier alpha value is -2.51. The average Bonchev–Trinajstić information content (AvgIpc) is 3.25. The topological polar surface area (TPSA) is 75.7 Å². The summed E-state index contributed by atoms with van der Waals surface area (Å²) in [7, 11) is 0. The minimum atomic E-state index is -0.345. The lowest BCUT2D eigenvalue weighted by Crippen LogP contribution is -2.36. The lowest BCUT2D eigenvalue weighted by molar-refractivity contribution is 0.0475. The highest BCUT2D eigenvalue weighted by Crippen LogP contribution is 2.28. The fraction of sp³-hybridized carbons (Fsp3) is 0.250. The monoisotopic (exact) mass is 428 g/mol. The summed E-state index contributed by atoms with van der Waals surface area (Å²) in [6, 6.07) is 11.8. The van der Waals surface area contributed by atoms with Crippen molar-refractivity contribution in [2.45, 2.75) is 18.9 Å². The van der Waals surface area contributed by atoms with Gasteiger partial charge in [-0.2, -0.15) is 0 Å². The summed E-state index contributed by atoms with van der Waals surface area (Å²) in [6.45, 7) is 0.935. The molecule has 1 atom stereocenters. The molecule has 2 heterocycles. The van der Waals surface area contributed by atoms with Crippen LogP contribution in [0.3, 0.4) is 0 Å². The molecule has 7 heteroatoms. The summed E-state index contributed by atoms with van der Waals surface area (Å²) >= 11 is 3.35. The number of nitrogens with one attached hydrogen (secondary N) is 1. The van der Waals surface area contributed by atoms with Crippen molar-refractivity contribution in [3.63, 3.8) is 0 Å². The van der Waals surface area contributed by atoms with Gasteiger partial charge in [0.2, 0.25) is 0 Å². The van der Waals surface area contributed by atoms with Gasteiger partial charge < -0.3 is 10.1 Å². The van der Waals surface area contributed by atoms with E-state index in [1.54, 1.807) is 36.4 Å². The molecular formula is C20H17BrN2O4. The van der Waals surface area contributed by atoms with Crippen molar-refractivity contribution in [2.75, 3.05) is 18.5 Å². The maximum atomic E-state index is 12.7. The van der Waals surface area contributed by atoms with Gasteiger partial charge in [-0.1, -0.05) is 12.1 Å². The number of carbonyl (C=O) groups is 3. The first kappa shape index (κ1) is 17.9. The van der Waals surface area contributed by atoms with Crippen LogP contribution in [0.2, 0.25) is 0 Å². The van der Waals surface area contributed by atoms with Gasteiger partial charge in [-0.25, -0.2) is 0 Å². The molecule has 1 N–H and O–H groups in total. The number of carbonyl (C=O) groups excluding carboxylic acids is 3. The maximum Gasteiger partial charge on any atom is 0.261 e. The molecular weight excluding hydrogens is 412 g/mol. The molecule has 0 spiro atoms. The number of fused-ring (bicyclic) bond motifs is 1. The number of halogens is 1. The van der Waals surface area contributed by atoms with Gasteiger partial charge in [-0.3, -0.25) is 19.3 Å². The zero-order valence-electron chi connectivity index (χ0n) is 14.4. The molecule has 2 aliphatic heterocycles. The standard InChI is InChI=1S/C20H17BrN2O4/c21-17-6-2-1-5-15(17)18(24)22-12-7-8-14-16(10-12)20(26)23(19(14)25)11-13-4-3-9-27-13/h1-2,5-8,10,13H,3-4,9,11H2,(H,22,24)/t13-/m1/s1. The third-order valence-corrected chi connectivity index (χ3v) is 5.45. The van der Waals surface area contributed by atoms with Gasteiger partial charge in [0, 0.05) is 16.8 Å². The van der Waals surface area contributed by atoms with Crippen molar-refractivity contribution in [1.29, 1.82) is 0 Å². The largest absolute Gasteiger partial charge is 0.376 e. The number of rotatable bonds is 4. The van der Waals surface area contributed by atoms with Crippen LogP contribution in [0.25, 0.3) is 0 Å². The van der Waals surface area contributed by atoms with E-state index in [2.05, 4.69) is 21.2 Å². The maximum absolute atomic E-state index is 12.7. The van der Waals surface area contributed by atoms with Crippen molar-refractivity contribution in [3.05, 3.63) is 63.6 Å². The Bertz CT molecular complexity index is 937. The second kappa shape index (κ2) is 7.25. The first-order valence-corrected chi connectivity index (χ1v) is 9.51. The lowest BCUT2D eigenvalue weighted by Gasteiger charge is -2.17. The highest BCUT2D eigenvalue weighted by Gasteiger charge is 2.37. The van der Waals surface area contributed by atoms with Gasteiger partial charge in [0.1, 0.15) is 0 Å². The number of hydrogen-bond acceptors (Lipinski definition) is 4. The van der Waals surface area contributed by atoms with Crippen LogP contribution in [0.1, 0.15) is 43.9 Å². The zero-order valence-corrected chi connectivity index (χ0v) is 16.0. The van der Waals surface area contributed by atoms with Crippen molar-refractivity contribution in [2.24, 2.45) is 0 Å². The Morgan fingerprint density at radius 2 is 1.93 bits per heavy atom. The first-order valence-electron chi connectivity index (χ1n) is 8.72. The summed E-state index contributed by atoms with van der Waals surface area (Å²) < 4.78 is 6.22. The predicted molar refractivity (Wildman–Crippen MR) is 103 cm³/mol. The van der Waals surface area contributed by atoms with E-state index in [1.165, 1.54) is 4.90 Å². The molecule has 3 amide bonds. The van der Waals surface area contributed by atoms with Crippen molar-refractivity contribution in [3.8, 4) is 0 Å². The Balaban J connectivity index is 1.54. The van der Waals surface area contributed by atoms with Crippen LogP contribution in [0.4, 0.5) is 5.69 Å². The van der Waals surface area contributed by atoms with Crippen LogP contribution < -0.4 is 5.32 Å². The molecule has 0 saturated carbocycles. The van der Waals surface area contributed by atoms with Crippen LogP contribution in [0.15, 0.2) is 46.9 Å². The Morgan fingerprint density at radius 3 is 2.67 bits per heavy atom. The molecule has 2 aromatic carbocycles. The van der Waals surface area contributed by atoms with Gasteiger partial charge in [-0.15, -0.1) is 0 Å². The Kier molecular flexibility index (Phi) is 4.80. The summed E-state index contributed by atoms with van der Waals surface area (Å²) in [5, 5.41) is 2.78. The highest BCUT2D eigenvalue weighted by molar-refractivity contribution is 9.10. The molecule has 1 fully saturated rings. The van der Waals surface area contributed by atoms with Gasteiger partial charge in [0.15, 0.2) is 0 Å². The SMILES string of the molecule is O=C(Nc1ccc2c(c1)C(=O)N(C[C@H]1CCCO1)C2=O)c1ccccc1Br. The molecule has 138 valence electrons. The van der Waals surface area contributed by atoms with E-state index >= 15 is 0 Å². The van der Waals surface area contributed by atoms with Crippen molar-refractivity contribution < 1.29 is 19.1 Å². The van der Waals surface area contributed by atoms with Gasteiger partial charge in [0.25, 0.3) is 17.7 Å². The molecule has 0 bridgehead atoms. The van der Waals surface area contributed by atoms with Gasteiger partial charge in [0.05, 0.1) is 29.3 Å². The molecule has 0 unspecified atom stereocenters. The third kappa shape index (κ3) is 3.40. The van der Waals surface area contributed by atoms with Gasteiger partial charge >= 0.3 is 0 Å². The number of ether oxygens (including phenoxy) is 1. The van der Waals surface area contributed by atoms with E-state index in [-0.39, 0.29) is 30.4 Å². The Morgan fingerprint density at radius 1 is 1.15 bits per heavy atom. The Labute approximate surface area is 164 Å². The van der Waals surface area contributed by atoms with E-state index in [0.717, 1.165) is 12.8 Å². The van der Waals surface area contributed by atoms with Crippen LogP contribution in [0, 0.1) is 0 Å². The van der Waals surface area contributed by atoms with E-state index in [4.69, 9.17) is 4.74 Å². The summed E-state index contributed by atoms with van der Waals surface area (Å²) in [4.78, 5) is 38.9. The second-order valence-corrected chi connectivity index (χ2v) is 7.40. The van der Waals surface area contributed by atoms with E-state index in [9.17, 15) is 14.4 Å². The molecule has 4 rings (SSSR count). The molecule has 0 aliphatic carbocycles. The summed E-state index contributed by atoms with van der Waals surface area (Å²) in [6.07, 6.45) is 1.70. The number of imide groups is 1. The zero-order chi connectivity index (χ0) is 19.0. The number of amides is 3. The molecule has 27 heavy (non-hydrogen) atoms. The van der Waals surface area contributed by atoms with Crippen LogP contribution in [-0.4, -0.2) is 41.9 Å². The molecule has 0 radical (unpaired) electrons. The number of benzene rings is 2. The summed E-state index contributed by atoms with van der Waals surface area (Å²) in [5.41, 5.74) is 1.62. The number of hydrogen-bond donors (Lipinski definition) is 1. The smallest absolute Gasteiger partial charge is 0.261 e. The van der Waals surface area contributed by atoms with Crippen LogP contribution in [0.5, 0.6) is 0 Å².